The molecule has 1 aliphatic rings. The van der Waals surface area contributed by atoms with Crippen molar-refractivity contribution < 1.29 is 28.8 Å². The number of H-pyrrole nitrogens is 1. The zero-order valence-electron chi connectivity index (χ0n) is 13.9. The molecule has 2 amide bonds. The summed E-state index contributed by atoms with van der Waals surface area (Å²) in [7, 11) is -4.37. The summed E-state index contributed by atoms with van der Waals surface area (Å²) in [4.78, 5) is 54.0. The molecule has 10 heteroatoms. The zero-order valence-corrected chi connectivity index (χ0v) is 14.8. The monoisotopic (exact) mass is 382 g/mol. The molecular weight excluding hydrogens is 361 g/mol. The average Bonchev–Trinajstić information content (AvgIpc) is 2.96. The van der Waals surface area contributed by atoms with Crippen molar-refractivity contribution in [1.29, 1.82) is 0 Å². The smallest absolute Gasteiger partial charge is 0.361 e. The van der Waals surface area contributed by atoms with Gasteiger partial charge in [-0.1, -0.05) is 0 Å². The molecule has 1 atom stereocenters. The molecule has 6 N–H and O–H groups in total. The molecule has 1 unspecified atom stereocenters. The van der Waals surface area contributed by atoms with Gasteiger partial charge in [-0.05, 0) is 43.0 Å². The maximum Gasteiger partial charge on any atom is 0.613 e. The van der Waals surface area contributed by atoms with E-state index in [0.717, 1.165) is 22.9 Å². The molecule has 0 spiro atoms. The quantitative estimate of drug-likeness (QED) is 0.315. The summed E-state index contributed by atoms with van der Waals surface area (Å²) in [5, 5.41) is 6.25. The number of hydrogen-bond donors (Lipinski definition) is 6. The standard InChI is InChI=1S/C16H20N3O6P/c20-15-12(2-1-6-17-15)16(21)18-7-5-10-9-19-14-4-3-11(8-13(10)14)25-26(22,23)24/h3-4,8-9,12,19,22-24H,1-2,5-7H2,(H-,17,18,20,21)/p+1. The number of piperidine rings is 1. The minimum atomic E-state index is -4.37. The van der Waals surface area contributed by atoms with E-state index in [4.69, 9.17) is 19.2 Å². The minimum absolute atomic E-state index is 0.127. The summed E-state index contributed by atoms with van der Waals surface area (Å²) in [6.07, 6.45) is 3.65. The highest BCUT2D eigenvalue weighted by atomic mass is 31.2. The molecule has 140 valence electrons. The molecule has 0 radical (unpaired) electrons. The van der Waals surface area contributed by atoms with Gasteiger partial charge in [-0.3, -0.25) is 14.1 Å². The topological polar surface area (TPSA) is 144 Å². The van der Waals surface area contributed by atoms with E-state index in [0.29, 0.717) is 25.9 Å². The van der Waals surface area contributed by atoms with Crippen LogP contribution in [-0.2, 0) is 16.0 Å². The molecule has 9 nitrogen and oxygen atoms in total. The molecule has 1 aromatic heterocycles. The lowest BCUT2D eigenvalue weighted by atomic mass is 9.98. The van der Waals surface area contributed by atoms with Gasteiger partial charge in [0.15, 0.2) is 5.75 Å². The molecule has 0 saturated carbocycles. The van der Waals surface area contributed by atoms with Crippen LogP contribution in [0.15, 0.2) is 24.4 Å². The predicted octanol–water partition coefficient (Wildman–Crippen LogP) is 0.386. The number of aromatic nitrogens is 1. The van der Waals surface area contributed by atoms with Crippen molar-refractivity contribution >= 4 is 30.9 Å². The number of benzene rings is 1. The number of aromatic amines is 1. The van der Waals surface area contributed by atoms with E-state index < -0.39 is 14.1 Å². The lowest BCUT2D eigenvalue weighted by molar-refractivity contribution is -0.136. The Kier molecular flexibility index (Phi) is 5.43. The van der Waals surface area contributed by atoms with Crippen molar-refractivity contribution in [1.82, 2.24) is 15.6 Å². The van der Waals surface area contributed by atoms with Gasteiger partial charge in [-0.25, -0.2) is 0 Å². The van der Waals surface area contributed by atoms with Gasteiger partial charge < -0.3 is 15.6 Å². The van der Waals surface area contributed by atoms with E-state index in [1.54, 1.807) is 18.3 Å². The Labute approximate surface area is 150 Å². The van der Waals surface area contributed by atoms with Crippen LogP contribution in [0.25, 0.3) is 10.9 Å². The third kappa shape index (κ3) is 4.50. The van der Waals surface area contributed by atoms with Gasteiger partial charge >= 0.3 is 8.17 Å². The van der Waals surface area contributed by atoms with E-state index in [9.17, 15) is 9.59 Å². The fourth-order valence-electron chi connectivity index (χ4n) is 3.03. The number of fused-ring (bicyclic) bond motifs is 1. The van der Waals surface area contributed by atoms with E-state index in [1.807, 2.05) is 0 Å². The van der Waals surface area contributed by atoms with E-state index in [-0.39, 0.29) is 17.6 Å². The Balaban J connectivity index is 1.62. The van der Waals surface area contributed by atoms with Crippen LogP contribution >= 0.6 is 8.17 Å². The summed E-state index contributed by atoms with van der Waals surface area (Å²) in [6, 6.07) is 4.77. The highest BCUT2D eigenvalue weighted by molar-refractivity contribution is 7.53. The highest BCUT2D eigenvalue weighted by Crippen LogP contribution is 2.46. The normalized spacial score (nSPS) is 17.8. The number of amides is 2. The lowest BCUT2D eigenvalue weighted by Crippen LogP contribution is -2.45. The molecule has 2 aromatic rings. The number of nitrogens with one attached hydrogen (secondary N) is 3. The second-order valence-corrected chi connectivity index (χ2v) is 7.36. The van der Waals surface area contributed by atoms with Crippen molar-refractivity contribution in [3.05, 3.63) is 30.0 Å². The second-order valence-electron chi connectivity index (χ2n) is 6.15. The summed E-state index contributed by atoms with van der Waals surface area (Å²) in [6.45, 7) is 0.971. The first-order chi connectivity index (χ1) is 12.3. The van der Waals surface area contributed by atoms with Crippen molar-refractivity contribution in [2.24, 2.45) is 5.92 Å². The Morgan fingerprint density at radius 1 is 1.35 bits per heavy atom. The van der Waals surface area contributed by atoms with Gasteiger partial charge in [0, 0.05) is 30.2 Å². The SMILES string of the molecule is O=C1NCCCC1C(=O)NCCc1c[nH]c2ccc(O[P+](O)(O)O)cc12. The van der Waals surface area contributed by atoms with E-state index >= 15 is 0 Å². The Hall–Kier alpha value is -2.19. The molecular formula is C16H21N3O6P+. The molecule has 1 aliphatic heterocycles. The van der Waals surface area contributed by atoms with Gasteiger partial charge in [0.25, 0.3) is 0 Å². The van der Waals surface area contributed by atoms with Crippen molar-refractivity contribution in [2.75, 3.05) is 13.1 Å². The minimum Gasteiger partial charge on any atom is -0.361 e. The molecule has 2 heterocycles. The fraction of sp³-hybridized carbons (Fsp3) is 0.375. The predicted molar refractivity (Wildman–Crippen MR) is 95.0 cm³/mol. The summed E-state index contributed by atoms with van der Waals surface area (Å²) in [5.74, 6) is -1.02. The number of carbonyl (C=O) groups excluding carboxylic acids is 2. The molecule has 1 fully saturated rings. The average molecular weight is 382 g/mol. The Bertz CT molecular complexity index is 816. The molecule has 1 aromatic carbocycles. The largest absolute Gasteiger partial charge is 0.613 e. The van der Waals surface area contributed by atoms with Gasteiger partial charge in [-0.15, -0.1) is 0 Å². The summed E-state index contributed by atoms with van der Waals surface area (Å²) < 4.78 is 4.72. The number of carbonyl (C=O) groups is 2. The Morgan fingerprint density at radius 2 is 2.15 bits per heavy atom. The first-order valence-corrected chi connectivity index (χ1v) is 9.82. The molecule has 3 rings (SSSR count). The summed E-state index contributed by atoms with van der Waals surface area (Å²) >= 11 is 0. The highest BCUT2D eigenvalue weighted by Gasteiger charge is 2.34. The van der Waals surface area contributed by atoms with Crippen LogP contribution in [0.4, 0.5) is 0 Å². The molecule has 1 saturated heterocycles. The fourth-order valence-corrected chi connectivity index (χ4v) is 3.42. The Morgan fingerprint density at radius 3 is 2.88 bits per heavy atom. The van der Waals surface area contributed by atoms with Crippen molar-refractivity contribution in [2.45, 2.75) is 19.3 Å². The van der Waals surface area contributed by atoms with Gasteiger partial charge in [0.05, 0.1) is 0 Å². The van der Waals surface area contributed by atoms with Crippen LogP contribution in [0.5, 0.6) is 5.75 Å². The lowest BCUT2D eigenvalue weighted by Gasteiger charge is -2.20. The molecule has 0 aliphatic carbocycles. The van der Waals surface area contributed by atoms with Crippen LogP contribution in [0.1, 0.15) is 18.4 Å². The molecule has 0 bridgehead atoms. The third-order valence-corrected chi connectivity index (χ3v) is 4.72. The third-order valence-electron chi connectivity index (χ3n) is 4.26. The van der Waals surface area contributed by atoms with Crippen LogP contribution in [-0.4, -0.2) is 44.6 Å². The van der Waals surface area contributed by atoms with Crippen molar-refractivity contribution in [3.8, 4) is 5.75 Å². The first-order valence-electron chi connectivity index (χ1n) is 8.26. The van der Waals surface area contributed by atoms with Gasteiger partial charge in [0.2, 0.25) is 11.8 Å². The molecule has 26 heavy (non-hydrogen) atoms. The van der Waals surface area contributed by atoms with Crippen LogP contribution < -0.4 is 15.2 Å². The van der Waals surface area contributed by atoms with Gasteiger partial charge in [-0.2, -0.15) is 14.7 Å². The number of rotatable bonds is 6. The van der Waals surface area contributed by atoms with Crippen LogP contribution in [0, 0.1) is 5.92 Å². The van der Waals surface area contributed by atoms with Gasteiger partial charge in [0.1, 0.15) is 5.92 Å². The second kappa shape index (κ2) is 7.59. The first kappa shape index (κ1) is 18.6. The van der Waals surface area contributed by atoms with Crippen LogP contribution in [0.3, 0.4) is 0 Å². The number of hydrogen-bond acceptors (Lipinski definition) is 6. The van der Waals surface area contributed by atoms with Crippen LogP contribution in [0.2, 0.25) is 0 Å². The maximum absolute atomic E-state index is 12.1. The summed E-state index contributed by atoms with van der Waals surface area (Å²) in [5.41, 5.74) is 1.69. The van der Waals surface area contributed by atoms with E-state index in [2.05, 4.69) is 15.6 Å². The van der Waals surface area contributed by atoms with E-state index in [1.165, 1.54) is 6.07 Å². The maximum atomic E-state index is 12.1. The zero-order chi connectivity index (χ0) is 18.7. The van der Waals surface area contributed by atoms with Crippen molar-refractivity contribution in [3.63, 3.8) is 0 Å².